The van der Waals surface area contributed by atoms with Gasteiger partial charge in [-0.3, -0.25) is 0 Å². The zero-order valence-electron chi connectivity index (χ0n) is 13.2. The first-order chi connectivity index (χ1) is 11.8. The number of benzene rings is 1. The number of alkyl halides is 3. The van der Waals surface area contributed by atoms with E-state index in [0.29, 0.717) is 19.5 Å². The Labute approximate surface area is 142 Å². The largest absolute Gasteiger partial charge is 0.478 e. The molecule has 2 heterocycles. The highest BCUT2D eigenvalue weighted by atomic mass is 19.4. The molecule has 0 aliphatic carbocycles. The number of carboxylic acids is 1. The topological polar surface area (TPSA) is 66.3 Å². The standard InChI is InChI=1S/C17H16F3N3O2/c18-17(19,20)16-21-6-4-14(22-16)23-7-5-12(10-23)8-11-2-1-3-13(9-11)15(24)25/h1-4,6,9,12H,5,7-8,10H2,(H,24,25). The van der Waals surface area contributed by atoms with Gasteiger partial charge in [0.05, 0.1) is 5.56 Å². The lowest BCUT2D eigenvalue weighted by atomic mass is 9.97. The summed E-state index contributed by atoms with van der Waals surface area (Å²) in [6.07, 6.45) is -1.96. The molecule has 8 heteroatoms. The summed E-state index contributed by atoms with van der Waals surface area (Å²) in [5.41, 5.74) is 1.14. The van der Waals surface area contributed by atoms with E-state index in [1.54, 1.807) is 12.1 Å². The molecule has 1 fully saturated rings. The second kappa shape index (κ2) is 6.70. The van der Waals surface area contributed by atoms with Crippen molar-refractivity contribution in [2.24, 2.45) is 5.92 Å². The van der Waals surface area contributed by atoms with Gasteiger partial charge in [0.2, 0.25) is 5.82 Å². The van der Waals surface area contributed by atoms with Crippen molar-refractivity contribution in [2.45, 2.75) is 19.0 Å². The van der Waals surface area contributed by atoms with Crippen molar-refractivity contribution in [3.63, 3.8) is 0 Å². The number of halogens is 3. The highest BCUT2D eigenvalue weighted by molar-refractivity contribution is 5.87. The maximum Gasteiger partial charge on any atom is 0.451 e. The summed E-state index contributed by atoms with van der Waals surface area (Å²) < 4.78 is 38.2. The minimum absolute atomic E-state index is 0.230. The molecule has 132 valence electrons. The summed E-state index contributed by atoms with van der Waals surface area (Å²) in [7, 11) is 0. The summed E-state index contributed by atoms with van der Waals surface area (Å²) in [4.78, 5) is 19.7. The van der Waals surface area contributed by atoms with Crippen molar-refractivity contribution >= 4 is 11.8 Å². The van der Waals surface area contributed by atoms with Gasteiger partial charge in [0.25, 0.3) is 0 Å². The van der Waals surface area contributed by atoms with E-state index in [4.69, 9.17) is 5.11 Å². The maximum absolute atomic E-state index is 12.7. The van der Waals surface area contributed by atoms with Crippen LogP contribution in [0.25, 0.3) is 0 Å². The van der Waals surface area contributed by atoms with E-state index in [9.17, 15) is 18.0 Å². The molecule has 1 aliphatic heterocycles. The van der Waals surface area contributed by atoms with E-state index >= 15 is 0 Å². The molecule has 1 saturated heterocycles. The first kappa shape index (κ1) is 17.2. The predicted octanol–water partition coefficient (Wildman–Crippen LogP) is 3.26. The van der Waals surface area contributed by atoms with Crippen molar-refractivity contribution in [2.75, 3.05) is 18.0 Å². The number of aromatic carboxylic acids is 1. The van der Waals surface area contributed by atoms with E-state index < -0.39 is 18.0 Å². The Hall–Kier alpha value is -2.64. The van der Waals surface area contributed by atoms with Crippen LogP contribution in [0.5, 0.6) is 0 Å². The van der Waals surface area contributed by atoms with Gasteiger partial charge < -0.3 is 10.0 Å². The highest BCUT2D eigenvalue weighted by Crippen LogP contribution is 2.29. The normalized spacial score (nSPS) is 17.7. The van der Waals surface area contributed by atoms with E-state index in [2.05, 4.69) is 9.97 Å². The Kier molecular flexibility index (Phi) is 4.61. The molecular formula is C17H16F3N3O2. The van der Waals surface area contributed by atoms with Gasteiger partial charge in [0.1, 0.15) is 5.82 Å². The number of hydrogen-bond acceptors (Lipinski definition) is 4. The number of carboxylic acid groups (broad SMARTS) is 1. The van der Waals surface area contributed by atoms with Gasteiger partial charge in [-0.25, -0.2) is 14.8 Å². The van der Waals surface area contributed by atoms with Crippen LogP contribution in [0.3, 0.4) is 0 Å². The average Bonchev–Trinajstić information content (AvgIpc) is 3.03. The molecule has 0 spiro atoms. The van der Waals surface area contributed by atoms with Crippen molar-refractivity contribution < 1.29 is 23.1 Å². The van der Waals surface area contributed by atoms with Gasteiger partial charge in [-0.15, -0.1) is 0 Å². The number of carbonyl (C=O) groups is 1. The maximum atomic E-state index is 12.7. The van der Waals surface area contributed by atoms with Gasteiger partial charge in [0.15, 0.2) is 0 Å². The molecule has 1 unspecified atom stereocenters. The van der Waals surface area contributed by atoms with Crippen LogP contribution in [0.4, 0.5) is 19.0 Å². The van der Waals surface area contributed by atoms with E-state index in [1.165, 1.54) is 12.1 Å². The lowest BCUT2D eigenvalue weighted by Gasteiger charge is -2.18. The summed E-state index contributed by atoms with van der Waals surface area (Å²) in [6, 6.07) is 8.21. The zero-order valence-corrected chi connectivity index (χ0v) is 13.2. The van der Waals surface area contributed by atoms with E-state index in [1.807, 2.05) is 11.0 Å². The van der Waals surface area contributed by atoms with Crippen LogP contribution in [0.2, 0.25) is 0 Å². The van der Waals surface area contributed by atoms with Gasteiger partial charge in [-0.1, -0.05) is 12.1 Å². The number of nitrogens with zero attached hydrogens (tertiary/aromatic N) is 3. The summed E-state index contributed by atoms with van der Waals surface area (Å²) in [6.45, 7) is 1.18. The number of anilines is 1. The first-order valence-corrected chi connectivity index (χ1v) is 7.80. The Morgan fingerprint density at radius 1 is 1.32 bits per heavy atom. The smallest absolute Gasteiger partial charge is 0.451 e. The number of aromatic nitrogens is 2. The van der Waals surface area contributed by atoms with Gasteiger partial charge in [-0.05, 0) is 42.5 Å². The van der Waals surface area contributed by atoms with Crippen molar-refractivity contribution in [1.82, 2.24) is 9.97 Å². The van der Waals surface area contributed by atoms with Crippen LogP contribution < -0.4 is 4.90 Å². The molecule has 0 amide bonds. The average molecular weight is 351 g/mol. The van der Waals surface area contributed by atoms with Crippen LogP contribution in [0.15, 0.2) is 36.5 Å². The minimum atomic E-state index is -4.56. The molecule has 5 nitrogen and oxygen atoms in total. The SMILES string of the molecule is O=C(O)c1cccc(CC2CCN(c3ccnc(C(F)(F)F)n3)C2)c1. The molecule has 1 N–H and O–H groups in total. The summed E-state index contributed by atoms with van der Waals surface area (Å²) in [5, 5.41) is 9.04. The molecule has 0 bridgehead atoms. The molecule has 1 atom stereocenters. The summed E-state index contributed by atoms with van der Waals surface area (Å²) >= 11 is 0. The van der Waals surface area contributed by atoms with E-state index in [-0.39, 0.29) is 17.3 Å². The third-order valence-corrected chi connectivity index (χ3v) is 4.20. The van der Waals surface area contributed by atoms with Gasteiger partial charge >= 0.3 is 12.1 Å². The number of rotatable bonds is 4. The predicted molar refractivity (Wildman–Crippen MR) is 84.5 cm³/mol. The molecule has 0 radical (unpaired) electrons. The van der Waals surface area contributed by atoms with Crippen molar-refractivity contribution in [3.8, 4) is 0 Å². The molecule has 2 aromatic rings. The second-order valence-electron chi connectivity index (χ2n) is 6.05. The lowest BCUT2D eigenvalue weighted by Crippen LogP contribution is -2.23. The summed E-state index contributed by atoms with van der Waals surface area (Å²) in [5.74, 6) is -1.62. The van der Waals surface area contributed by atoms with Crippen LogP contribution in [0, 0.1) is 5.92 Å². The Morgan fingerprint density at radius 3 is 2.84 bits per heavy atom. The zero-order chi connectivity index (χ0) is 18.0. The van der Waals surface area contributed by atoms with Crippen molar-refractivity contribution in [1.29, 1.82) is 0 Å². The molecule has 1 aromatic carbocycles. The highest BCUT2D eigenvalue weighted by Gasteiger charge is 2.35. The minimum Gasteiger partial charge on any atom is -0.478 e. The monoisotopic (exact) mass is 351 g/mol. The van der Waals surface area contributed by atoms with Crippen molar-refractivity contribution in [3.05, 3.63) is 53.5 Å². The van der Waals surface area contributed by atoms with Gasteiger partial charge in [-0.2, -0.15) is 13.2 Å². The van der Waals surface area contributed by atoms with Crippen LogP contribution in [-0.4, -0.2) is 34.1 Å². The third kappa shape index (κ3) is 4.07. The van der Waals surface area contributed by atoms with Crippen LogP contribution in [0.1, 0.15) is 28.2 Å². The molecule has 25 heavy (non-hydrogen) atoms. The molecule has 1 aliphatic rings. The van der Waals surface area contributed by atoms with Crippen LogP contribution >= 0.6 is 0 Å². The fraction of sp³-hybridized carbons (Fsp3) is 0.353. The third-order valence-electron chi connectivity index (χ3n) is 4.20. The molecule has 0 saturated carbocycles. The Balaban J connectivity index is 1.68. The first-order valence-electron chi connectivity index (χ1n) is 7.80. The quantitative estimate of drug-likeness (QED) is 0.916. The fourth-order valence-electron chi connectivity index (χ4n) is 3.03. The molecule has 3 rings (SSSR count). The second-order valence-corrected chi connectivity index (χ2v) is 6.05. The van der Waals surface area contributed by atoms with Gasteiger partial charge in [0, 0.05) is 19.3 Å². The van der Waals surface area contributed by atoms with E-state index in [0.717, 1.165) is 18.2 Å². The Morgan fingerprint density at radius 2 is 2.12 bits per heavy atom. The number of hydrogen-bond donors (Lipinski definition) is 1. The molecule has 1 aromatic heterocycles. The molecular weight excluding hydrogens is 335 g/mol. The fourth-order valence-corrected chi connectivity index (χ4v) is 3.03. The van der Waals surface area contributed by atoms with Crippen LogP contribution in [-0.2, 0) is 12.6 Å². The lowest BCUT2D eigenvalue weighted by molar-refractivity contribution is -0.144. The Bertz CT molecular complexity index is 780.